The van der Waals surface area contributed by atoms with Crippen molar-refractivity contribution in [2.45, 2.75) is 71.7 Å². The molecule has 2 aromatic heterocycles. The zero-order chi connectivity index (χ0) is 27.9. The average molecular weight is 552 g/mol. The van der Waals surface area contributed by atoms with E-state index in [0.29, 0.717) is 34.3 Å². The summed E-state index contributed by atoms with van der Waals surface area (Å²) in [5, 5.41) is 12.1. The smallest absolute Gasteiger partial charge is 0.478 e. The van der Waals surface area contributed by atoms with Crippen LogP contribution >= 0.6 is 11.3 Å². The second-order valence-electron chi connectivity index (χ2n) is 9.27. The fraction of sp³-hybridized carbons (Fsp3) is 0.444. The lowest BCUT2D eigenvalue weighted by atomic mass is 9.89. The molecule has 3 aromatic rings. The number of aromatic nitrogens is 2. The van der Waals surface area contributed by atoms with E-state index in [0.717, 1.165) is 31.5 Å². The summed E-state index contributed by atoms with van der Waals surface area (Å²) in [6.45, 7) is 4.50. The molecule has 3 N–H and O–H groups in total. The Morgan fingerprint density at radius 3 is 2.37 bits per heavy atom. The lowest BCUT2D eigenvalue weighted by Crippen LogP contribution is -2.16. The van der Waals surface area contributed by atoms with Gasteiger partial charge in [-0.15, -0.1) is 24.5 Å². The number of nitrogens with zero attached hydrogens (tertiary/aromatic N) is 2. The van der Waals surface area contributed by atoms with Gasteiger partial charge in [0.25, 0.3) is 0 Å². The van der Waals surface area contributed by atoms with Crippen molar-refractivity contribution in [3.63, 3.8) is 0 Å². The van der Waals surface area contributed by atoms with Gasteiger partial charge in [0.05, 0.1) is 17.0 Å². The standard InChI is InChI=1S/C23H23F3N2O3S.C4H9NO/c1-14-18(22(29)30)11-20(28(14)12-15-5-3-2-4-6-15)19-13-32-21(27-19)16-7-9-17(10-8-16)31-23(24,25)26;1-2-3-4(5)6/h7-11,13,15H,2-6,12H2,1H3,(H,29,30);2-3H2,1H3,(H2,5,6). The highest BCUT2D eigenvalue weighted by Gasteiger charge is 2.31. The van der Waals surface area contributed by atoms with Gasteiger partial charge in [-0.3, -0.25) is 4.79 Å². The van der Waals surface area contributed by atoms with Gasteiger partial charge < -0.3 is 20.1 Å². The minimum Gasteiger partial charge on any atom is -0.478 e. The minimum atomic E-state index is -4.74. The highest BCUT2D eigenvalue weighted by atomic mass is 32.1. The Labute approximate surface area is 223 Å². The Bertz CT molecular complexity index is 1230. The topological polar surface area (TPSA) is 107 Å². The molecular formula is C27H32F3N3O4S. The molecule has 1 amide bonds. The van der Waals surface area contributed by atoms with E-state index in [2.05, 4.69) is 14.3 Å². The first-order chi connectivity index (χ1) is 18.0. The summed E-state index contributed by atoms with van der Waals surface area (Å²) in [5.74, 6) is -0.963. The molecule has 1 aliphatic carbocycles. The normalized spacial score (nSPS) is 14.0. The number of primary amides is 1. The summed E-state index contributed by atoms with van der Waals surface area (Å²) in [7, 11) is 0. The number of carboxylic acid groups (broad SMARTS) is 1. The number of hydrogen-bond donors (Lipinski definition) is 2. The van der Waals surface area contributed by atoms with Gasteiger partial charge in [0, 0.05) is 29.6 Å². The van der Waals surface area contributed by atoms with Crippen molar-refractivity contribution in [2.75, 3.05) is 0 Å². The summed E-state index contributed by atoms with van der Waals surface area (Å²) in [6.07, 6.45) is 2.54. The molecule has 1 fully saturated rings. The number of aromatic carboxylic acids is 1. The lowest BCUT2D eigenvalue weighted by molar-refractivity contribution is -0.274. The van der Waals surface area contributed by atoms with Crippen LogP contribution in [0, 0.1) is 12.8 Å². The molecule has 1 saturated carbocycles. The third kappa shape index (κ3) is 8.08. The van der Waals surface area contributed by atoms with Crippen molar-refractivity contribution in [2.24, 2.45) is 11.7 Å². The van der Waals surface area contributed by atoms with Crippen molar-refractivity contribution in [1.82, 2.24) is 9.55 Å². The molecule has 206 valence electrons. The molecule has 2 heterocycles. The van der Waals surface area contributed by atoms with Gasteiger partial charge in [0.2, 0.25) is 5.91 Å². The summed E-state index contributed by atoms with van der Waals surface area (Å²) in [6, 6.07) is 7.22. The van der Waals surface area contributed by atoms with Crippen molar-refractivity contribution < 1.29 is 32.6 Å². The van der Waals surface area contributed by atoms with Crippen LogP contribution in [0.2, 0.25) is 0 Å². The number of ether oxygens (including phenoxy) is 1. The Balaban J connectivity index is 0.000000599. The number of carbonyl (C=O) groups is 2. The van der Waals surface area contributed by atoms with E-state index in [1.807, 2.05) is 19.2 Å². The van der Waals surface area contributed by atoms with E-state index in [-0.39, 0.29) is 17.2 Å². The van der Waals surface area contributed by atoms with Crippen LogP contribution in [0.1, 0.15) is 67.9 Å². The van der Waals surface area contributed by atoms with Crippen LogP contribution in [-0.2, 0) is 11.3 Å². The van der Waals surface area contributed by atoms with Crippen molar-refractivity contribution in [3.05, 3.63) is 47.0 Å². The third-order valence-corrected chi connectivity index (χ3v) is 7.25. The Morgan fingerprint density at radius 2 is 1.84 bits per heavy atom. The van der Waals surface area contributed by atoms with Gasteiger partial charge in [-0.2, -0.15) is 0 Å². The molecule has 1 aromatic carbocycles. The maximum atomic E-state index is 12.4. The van der Waals surface area contributed by atoms with Crippen LogP contribution in [-0.4, -0.2) is 32.9 Å². The third-order valence-electron chi connectivity index (χ3n) is 6.36. The Kier molecular flexibility index (Phi) is 9.96. The number of carboxylic acids is 1. The van der Waals surface area contributed by atoms with Crippen LogP contribution < -0.4 is 10.5 Å². The SMILES string of the molecule is CCCC(N)=O.Cc1c(C(=O)O)cc(-c2csc(-c3ccc(OC(F)(F)F)cc3)n2)n1CC1CCCCC1. The van der Waals surface area contributed by atoms with Crippen LogP contribution in [0.3, 0.4) is 0 Å². The Hall–Kier alpha value is -3.34. The fourth-order valence-electron chi connectivity index (χ4n) is 4.51. The van der Waals surface area contributed by atoms with Gasteiger partial charge in [0.15, 0.2) is 0 Å². The number of rotatable bonds is 8. The number of amides is 1. The number of hydrogen-bond acceptors (Lipinski definition) is 5. The zero-order valence-electron chi connectivity index (χ0n) is 21.4. The predicted molar refractivity (Wildman–Crippen MR) is 140 cm³/mol. The second kappa shape index (κ2) is 12.9. The predicted octanol–water partition coefficient (Wildman–Crippen LogP) is 7.04. The highest BCUT2D eigenvalue weighted by Crippen LogP contribution is 2.34. The number of thiazole rings is 1. The lowest BCUT2D eigenvalue weighted by Gasteiger charge is -2.24. The molecule has 4 rings (SSSR count). The van der Waals surface area contributed by atoms with Crippen molar-refractivity contribution >= 4 is 23.2 Å². The number of halogens is 3. The number of nitrogens with two attached hydrogens (primary N) is 1. The first kappa shape index (κ1) is 29.2. The van der Waals surface area contributed by atoms with E-state index >= 15 is 0 Å². The molecule has 0 saturated heterocycles. The molecule has 0 spiro atoms. The number of benzene rings is 1. The monoisotopic (exact) mass is 551 g/mol. The molecule has 0 aliphatic heterocycles. The summed E-state index contributed by atoms with van der Waals surface area (Å²) < 4.78 is 43.1. The number of alkyl halides is 3. The fourth-order valence-corrected chi connectivity index (χ4v) is 5.33. The first-order valence-electron chi connectivity index (χ1n) is 12.5. The van der Waals surface area contributed by atoms with Crippen LogP contribution in [0.4, 0.5) is 13.2 Å². The first-order valence-corrected chi connectivity index (χ1v) is 13.4. The van der Waals surface area contributed by atoms with Crippen LogP contribution in [0.5, 0.6) is 5.75 Å². The van der Waals surface area contributed by atoms with Crippen LogP contribution in [0.25, 0.3) is 22.0 Å². The average Bonchev–Trinajstić information content (AvgIpc) is 3.45. The van der Waals surface area contributed by atoms with Crippen molar-refractivity contribution in [3.8, 4) is 27.7 Å². The molecule has 7 nitrogen and oxygen atoms in total. The zero-order valence-corrected chi connectivity index (χ0v) is 22.2. The van der Waals surface area contributed by atoms with E-state index in [4.69, 9.17) is 5.73 Å². The summed E-state index contributed by atoms with van der Waals surface area (Å²) >= 11 is 1.36. The van der Waals surface area contributed by atoms with Gasteiger partial charge in [-0.1, -0.05) is 26.2 Å². The highest BCUT2D eigenvalue weighted by molar-refractivity contribution is 7.13. The second-order valence-corrected chi connectivity index (χ2v) is 10.1. The van der Waals surface area contributed by atoms with Gasteiger partial charge in [-0.25, -0.2) is 9.78 Å². The van der Waals surface area contributed by atoms with Gasteiger partial charge in [-0.05, 0) is 62.4 Å². The molecule has 0 unspecified atom stereocenters. The van der Waals surface area contributed by atoms with Crippen LogP contribution in [0.15, 0.2) is 35.7 Å². The maximum Gasteiger partial charge on any atom is 0.573 e. The molecule has 11 heteroatoms. The summed E-state index contributed by atoms with van der Waals surface area (Å²) in [4.78, 5) is 26.2. The van der Waals surface area contributed by atoms with E-state index in [1.54, 1.807) is 6.07 Å². The van der Waals surface area contributed by atoms with Crippen molar-refractivity contribution in [1.29, 1.82) is 0 Å². The number of carbonyl (C=O) groups excluding carboxylic acids is 1. The summed E-state index contributed by atoms with van der Waals surface area (Å²) in [5.41, 5.74) is 7.81. The maximum absolute atomic E-state index is 12.4. The van der Waals surface area contributed by atoms with E-state index < -0.39 is 12.3 Å². The molecule has 1 aliphatic rings. The van der Waals surface area contributed by atoms with E-state index in [9.17, 15) is 27.9 Å². The molecule has 38 heavy (non-hydrogen) atoms. The van der Waals surface area contributed by atoms with Gasteiger partial charge >= 0.3 is 12.3 Å². The van der Waals surface area contributed by atoms with Gasteiger partial charge in [0.1, 0.15) is 10.8 Å². The molecular weight excluding hydrogens is 519 g/mol. The quantitative estimate of drug-likeness (QED) is 0.312. The minimum absolute atomic E-state index is 0.211. The molecule has 0 radical (unpaired) electrons. The van der Waals surface area contributed by atoms with E-state index in [1.165, 1.54) is 54.9 Å². The molecule has 0 atom stereocenters. The Morgan fingerprint density at radius 1 is 1.18 bits per heavy atom. The largest absolute Gasteiger partial charge is 0.573 e. The molecule has 0 bridgehead atoms.